The molecule has 0 radical (unpaired) electrons. The van der Waals surface area contributed by atoms with Crippen LogP contribution in [0.4, 0.5) is 0 Å². The lowest BCUT2D eigenvalue weighted by Gasteiger charge is -2.38. The highest BCUT2D eigenvalue weighted by molar-refractivity contribution is 5.84. The zero-order chi connectivity index (χ0) is 14.7. The van der Waals surface area contributed by atoms with Crippen LogP contribution < -0.4 is 10.0 Å². The molecule has 1 heterocycles. The van der Waals surface area contributed by atoms with Gasteiger partial charge in [0.25, 0.3) is 0 Å². The zero-order valence-electron chi connectivity index (χ0n) is 12.6. The number of nitrogens with zero attached hydrogens (tertiary/aromatic N) is 1. The first-order chi connectivity index (χ1) is 9.50. The lowest BCUT2D eigenvalue weighted by Crippen LogP contribution is -3.10. The van der Waals surface area contributed by atoms with Crippen LogP contribution in [0, 0.1) is 11.8 Å². The molecular formula is C15H26N2O3. The summed E-state index contributed by atoms with van der Waals surface area (Å²) in [6.45, 7) is 2.16. The van der Waals surface area contributed by atoms with E-state index in [1.807, 2.05) is 11.9 Å². The van der Waals surface area contributed by atoms with Crippen LogP contribution in [0.5, 0.6) is 0 Å². The van der Waals surface area contributed by atoms with E-state index in [9.17, 15) is 14.7 Å². The van der Waals surface area contributed by atoms with Gasteiger partial charge >= 0.3 is 0 Å². The number of hydrogen-bond donors (Lipinski definition) is 1. The summed E-state index contributed by atoms with van der Waals surface area (Å²) in [5.41, 5.74) is 0. The molecule has 2 atom stereocenters. The molecule has 1 amide bonds. The Kier molecular flexibility index (Phi) is 5.02. The van der Waals surface area contributed by atoms with E-state index in [0.29, 0.717) is 12.8 Å². The SMILES string of the molecule is CN(C(=O)[C@@H]1CCCC[C@@H]1C(=O)[O-])C1CC[NH+](C)CC1. The first-order valence-corrected chi connectivity index (χ1v) is 7.79. The number of carbonyl (C=O) groups excluding carboxylic acids is 2. The van der Waals surface area contributed by atoms with E-state index in [1.54, 1.807) is 0 Å². The summed E-state index contributed by atoms with van der Waals surface area (Å²) in [7, 11) is 4.01. The van der Waals surface area contributed by atoms with E-state index in [4.69, 9.17) is 0 Å². The number of likely N-dealkylation sites (tertiary alicyclic amines) is 1. The Balaban J connectivity index is 1.99. The smallest absolute Gasteiger partial charge is 0.226 e. The highest BCUT2D eigenvalue weighted by Crippen LogP contribution is 2.31. The van der Waals surface area contributed by atoms with Crippen molar-refractivity contribution in [2.75, 3.05) is 27.2 Å². The zero-order valence-corrected chi connectivity index (χ0v) is 12.6. The van der Waals surface area contributed by atoms with Crippen LogP contribution in [0.3, 0.4) is 0 Å². The van der Waals surface area contributed by atoms with Crippen LogP contribution in [0.1, 0.15) is 38.5 Å². The van der Waals surface area contributed by atoms with Gasteiger partial charge in [-0.2, -0.15) is 0 Å². The molecule has 1 saturated carbocycles. The molecule has 2 rings (SSSR count). The average Bonchev–Trinajstić information content (AvgIpc) is 2.46. The maximum atomic E-state index is 12.6. The Hall–Kier alpha value is -1.10. The fourth-order valence-corrected chi connectivity index (χ4v) is 3.63. The molecule has 5 nitrogen and oxygen atoms in total. The average molecular weight is 282 g/mol. The Labute approximate surface area is 120 Å². The summed E-state index contributed by atoms with van der Waals surface area (Å²) in [6, 6.07) is 0.274. The number of piperidine rings is 1. The van der Waals surface area contributed by atoms with Gasteiger partial charge in [-0.25, -0.2) is 0 Å². The summed E-state index contributed by atoms with van der Waals surface area (Å²) < 4.78 is 0. The normalized spacial score (nSPS) is 34.5. The van der Waals surface area contributed by atoms with Crippen molar-refractivity contribution in [3.8, 4) is 0 Å². The summed E-state index contributed by atoms with van der Waals surface area (Å²) in [6.07, 6.45) is 5.15. The molecule has 20 heavy (non-hydrogen) atoms. The third-order valence-electron chi connectivity index (χ3n) is 5.09. The molecule has 0 aromatic rings. The second-order valence-corrected chi connectivity index (χ2v) is 6.45. The van der Waals surface area contributed by atoms with E-state index in [1.165, 1.54) is 4.90 Å². The number of carboxylic acids is 1. The van der Waals surface area contributed by atoms with Crippen molar-refractivity contribution in [2.24, 2.45) is 11.8 Å². The van der Waals surface area contributed by atoms with Crippen LogP contribution in [0.15, 0.2) is 0 Å². The predicted octanol–water partition coefficient (Wildman–Crippen LogP) is -1.32. The van der Waals surface area contributed by atoms with Gasteiger partial charge in [0.05, 0.1) is 20.1 Å². The number of carboxylic acid groups (broad SMARTS) is 1. The number of nitrogens with one attached hydrogen (secondary N) is 1. The predicted molar refractivity (Wildman–Crippen MR) is 72.9 cm³/mol. The van der Waals surface area contributed by atoms with E-state index in [0.717, 1.165) is 38.8 Å². The minimum Gasteiger partial charge on any atom is -0.550 e. The fourth-order valence-electron chi connectivity index (χ4n) is 3.63. The van der Waals surface area contributed by atoms with E-state index < -0.39 is 11.9 Å². The van der Waals surface area contributed by atoms with Gasteiger partial charge in [0.15, 0.2) is 0 Å². The highest BCUT2D eigenvalue weighted by Gasteiger charge is 2.36. The van der Waals surface area contributed by atoms with Gasteiger partial charge in [0.1, 0.15) is 0 Å². The van der Waals surface area contributed by atoms with E-state index in [-0.39, 0.29) is 17.9 Å². The molecular weight excluding hydrogens is 256 g/mol. The van der Waals surface area contributed by atoms with E-state index in [2.05, 4.69) is 7.05 Å². The molecule has 1 aliphatic heterocycles. The minimum absolute atomic E-state index is 0.0171. The quantitative estimate of drug-likeness (QED) is 0.698. The second kappa shape index (κ2) is 6.57. The number of rotatable bonds is 3. The number of aliphatic carboxylic acids is 1. The Morgan fingerprint density at radius 2 is 1.60 bits per heavy atom. The first kappa shape index (κ1) is 15.3. The van der Waals surface area contributed by atoms with Crippen LogP contribution in [-0.4, -0.2) is 50.0 Å². The Morgan fingerprint density at radius 3 is 2.15 bits per heavy atom. The van der Waals surface area contributed by atoms with Crippen molar-refractivity contribution in [3.63, 3.8) is 0 Å². The van der Waals surface area contributed by atoms with Gasteiger partial charge in [-0.3, -0.25) is 4.79 Å². The van der Waals surface area contributed by atoms with Crippen molar-refractivity contribution in [1.82, 2.24) is 4.90 Å². The van der Waals surface area contributed by atoms with Gasteiger partial charge in [-0.05, 0) is 12.8 Å². The van der Waals surface area contributed by atoms with Crippen LogP contribution >= 0.6 is 0 Å². The Bertz CT molecular complexity index is 364. The molecule has 114 valence electrons. The molecule has 0 bridgehead atoms. The molecule has 1 saturated heterocycles. The van der Waals surface area contributed by atoms with Crippen molar-refractivity contribution >= 4 is 11.9 Å². The molecule has 2 fully saturated rings. The molecule has 0 unspecified atom stereocenters. The van der Waals surface area contributed by atoms with Crippen LogP contribution in [-0.2, 0) is 9.59 Å². The molecule has 0 spiro atoms. The molecule has 1 N–H and O–H groups in total. The highest BCUT2D eigenvalue weighted by atomic mass is 16.4. The van der Waals surface area contributed by atoms with Crippen molar-refractivity contribution in [3.05, 3.63) is 0 Å². The molecule has 1 aliphatic carbocycles. The van der Waals surface area contributed by atoms with Gasteiger partial charge in [0, 0.05) is 43.7 Å². The van der Waals surface area contributed by atoms with Crippen LogP contribution in [0.25, 0.3) is 0 Å². The Morgan fingerprint density at radius 1 is 1.05 bits per heavy atom. The standard InChI is InChI=1S/C15H26N2O3/c1-16-9-7-11(8-10-16)17(2)14(18)12-5-3-4-6-13(12)15(19)20/h11-13H,3-10H2,1-2H3,(H,19,20)/t12-,13+/m1/s1. The summed E-state index contributed by atoms with van der Waals surface area (Å²) in [5.74, 6) is -1.99. The lowest BCUT2D eigenvalue weighted by atomic mass is 9.78. The van der Waals surface area contributed by atoms with Gasteiger partial charge in [-0.1, -0.05) is 12.8 Å². The van der Waals surface area contributed by atoms with E-state index >= 15 is 0 Å². The van der Waals surface area contributed by atoms with Crippen molar-refractivity contribution < 1.29 is 19.6 Å². The second-order valence-electron chi connectivity index (χ2n) is 6.45. The maximum absolute atomic E-state index is 12.6. The van der Waals surface area contributed by atoms with Gasteiger partial charge in [0.2, 0.25) is 5.91 Å². The first-order valence-electron chi connectivity index (χ1n) is 7.79. The van der Waals surface area contributed by atoms with Gasteiger partial charge in [-0.15, -0.1) is 0 Å². The number of quaternary nitrogens is 1. The monoisotopic (exact) mass is 282 g/mol. The van der Waals surface area contributed by atoms with Crippen molar-refractivity contribution in [1.29, 1.82) is 0 Å². The summed E-state index contributed by atoms with van der Waals surface area (Å²) >= 11 is 0. The van der Waals surface area contributed by atoms with Gasteiger partial charge < -0.3 is 19.7 Å². The summed E-state index contributed by atoms with van der Waals surface area (Å²) in [5, 5.41) is 11.2. The topological polar surface area (TPSA) is 64.9 Å². The molecule has 0 aromatic carbocycles. The van der Waals surface area contributed by atoms with Crippen molar-refractivity contribution in [2.45, 2.75) is 44.6 Å². The third-order valence-corrected chi connectivity index (χ3v) is 5.09. The maximum Gasteiger partial charge on any atom is 0.226 e. The molecule has 2 aliphatic rings. The number of carbonyl (C=O) groups is 2. The number of hydrogen-bond acceptors (Lipinski definition) is 3. The molecule has 5 heteroatoms. The van der Waals surface area contributed by atoms with Crippen LogP contribution in [0.2, 0.25) is 0 Å². The fraction of sp³-hybridized carbons (Fsp3) is 0.867. The molecule has 0 aromatic heterocycles. The third kappa shape index (κ3) is 3.32. The lowest BCUT2D eigenvalue weighted by molar-refractivity contribution is -0.885. The largest absolute Gasteiger partial charge is 0.550 e. The number of amides is 1. The minimum atomic E-state index is -1.05. The summed E-state index contributed by atoms with van der Waals surface area (Å²) in [4.78, 5) is 27.2.